The number of anilines is 1. The Labute approximate surface area is 148 Å². The number of amides is 1. The van der Waals surface area contributed by atoms with Crippen molar-refractivity contribution in [3.05, 3.63) is 52.2 Å². The van der Waals surface area contributed by atoms with Gasteiger partial charge in [0, 0.05) is 29.4 Å². The van der Waals surface area contributed by atoms with E-state index < -0.39 is 10.0 Å². The van der Waals surface area contributed by atoms with Crippen LogP contribution in [0.3, 0.4) is 0 Å². The van der Waals surface area contributed by atoms with Crippen molar-refractivity contribution in [3.8, 4) is 0 Å². The highest BCUT2D eigenvalue weighted by Crippen LogP contribution is 2.32. The summed E-state index contributed by atoms with van der Waals surface area (Å²) in [5.41, 5.74) is 2.60. The largest absolute Gasteiger partial charge is 0.330 e. The Morgan fingerprint density at radius 1 is 1.21 bits per heavy atom. The predicted octanol–water partition coefficient (Wildman–Crippen LogP) is 1.84. The molecular weight excluding hydrogens is 394 g/mol. The molecule has 0 aliphatic carbocycles. The maximum absolute atomic E-state index is 12.9. The zero-order chi connectivity index (χ0) is 16.9. The number of hydrogen-bond donors (Lipinski definition) is 0. The van der Waals surface area contributed by atoms with Gasteiger partial charge in [-0.3, -0.25) is 4.79 Å². The zero-order valence-electron chi connectivity index (χ0n) is 12.6. The highest BCUT2D eigenvalue weighted by Gasteiger charge is 2.29. The van der Waals surface area contributed by atoms with E-state index in [1.807, 2.05) is 18.2 Å². The Morgan fingerprint density at radius 3 is 2.88 bits per heavy atom. The molecule has 0 atom stereocenters. The number of benzene rings is 1. The molecule has 24 heavy (non-hydrogen) atoms. The number of sulfonamides is 1. The van der Waals surface area contributed by atoms with Gasteiger partial charge < -0.3 is 9.80 Å². The first kappa shape index (κ1) is 15.6. The molecular formula is C16H14BrN3O3S. The molecule has 124 valence electrons. The Kier molecular flexibility index (Phi) is 3.61. The van der Waals surface area contributed by atoms with Gasteiger partial charge in [-0.25, -0.2) is 8.42 Å². The quantitative estimate of drug-likeness (QED) is 0.711. The Balaban J connectivity index is 1.62. The highest BCUT2D eigenvalue weighted by molar-refractivity contribution is 9.10. The smallest absolute Gasteiger partial charge is 0.259 e. The standard InChI is InChI=1S/C16H14BrN3O3S/c17-13-2-3-14-11(9-13)5-6-20(14)16(21)12-1-4-15-18-24(22,23)8-7-19(15)10-12/h1-4,9-10H,5-8H2. The lowest BCUT2D eigenvalue weighted by atomic mass is 10.1. The fourth-order valence-corrected chi connectivity index (χ4v) is 4.44. The number of carbonyl (C=O) groups is 1. The first-order chi connectivity index (χ1) is 11.4. The number of fused-ring (bicyclic) bond motifs is 2. The number of amidine groups is 1. The summed E-state index contributed by atoms with van der Waals surface area (Å²) in [6, 6.07) is 5.90. The number of nitrogens with zero attached hydrogens (tertiary/aromatic N) is 3. The van der Waals surface area contributed by atoms with Crippen molar-refractivity contribution in [1.82, 2.24) is 4.90 Å². The van der Waals surface area contributed by atoms with Crippen LogP contribution in [0.2, 0.25) is 0 Å². The van der Waals surface area contributed by atoms with Crippen molar-refractivity contribution >= 4 is 43.4 Å². The molecule has 6 nitrogen and oxygen atoms in total. The van der Waals surface area contributed by atoms with E-state index in [1.165, 1.54) is 0 Å². The number of carbonyl (C=O) groups excluding carboxylic acids is 1. The van der Waals surface area contributed by atoms with Crippen LogP contribution in [0.25, 0.3) is 0 Å². The fraction of sp³-hybridized carbons (Fsp3) is 0.250. The molecule has 0 saturated carbocycles. The van der Waals surface area contributed by atoms with Gasteiger partial charge in [0.25, 0.3) is 15.9 Å². The summed E-state index contributed by atoms with van der Waals surface area (Å²) in [5.74, 6) is 0.242. The van der Waals surface area contributed by atoms with Crippen molar-refractivity contribution < 1.29 is 13.2 Å². The average Bonchev–Trinajstić information content (AvgIpc) is 2.95. The third-order valence-electron chi connectivity index (χ3n) is 4.25. The first-order valence-corrected chi connectivity index (χ1v) is 9.93. The second kappa shape index (κ2) is 5.56. The molecule has 0 radical (unpaired) electrons. The normalized spacial score (nSPS) is 21.0. The molecule has 0 saturated heterocycles. The third kappa shape index (κ3) is 2.69. The van der Waals surface area contributed by atoms with Crippen LogP contribution >= 0.6 is 15.9 Å². The van der Waals surface area contributed by atoms with E-state index in [9.17, 15) is 13.2 Å². The highest BCUT2D eigenvalue weighted by atomic mass is 79.9. The summed E-state index contributed by atoms with van der Waals surface area (Å²) in [6.07, 6.45) is 5.73. The minimum Gasteiger partial charge on any atom is -0.330 e. The summed E-state index contributed by atoms with van der Waals surface area (Å²) in [6.45, 7) is 0.955. The van der Waals surface area contributed by atoms with Crippen molar-refractivity contribution in [3.63, 3.8) is 0 Å². The molecule has 0 aromatic heterocycles. The van der Waals surface area contributed by atoms with Gasteiger partial charge in [-0.1, -0.05) is 15.9 Å². The van der Waals surface area contributed by atoms with Crippen LogP contribution in [0, 0.1) is 0 Å². The lowest BCUT2D eigenvalue weighted by Crippen LogP contribution is -2.38. The van der Waals surface area contributed by atoms with Crippen LogP contribution in [0.4, 0.5) is 5.69 Å². The molecule has 0 N–H and O–H groups in total. The lowest BCUT2D eigenvalue weighted by Gasteiger charge is -2.28. The molecule has 4 rings (SSSR count). The summed E-state index contributed by atoms with van der Waals surface area (Å²) < 4.78 is 27.8. The molecule has 3 aliphatic rings. The van der Waals surface area contributed by atoms with E-state index in [4.69, 9.17) is 0 Å². The Hall–Kier alpha value is -1.93. The van der Waals surface area contributed by atoms with Gasteiger partial charge in [0.15, 0.2) is 0 Å². The molecule has 3 aliphatic heterocycles. The maximum Gasteiger partial charge on any atom is 0.259 e. The van der Waals surface area contributed by atoms with Crippen LogP contribution in [0.1, 0.15) is 5.56 Å². The minimum absolute atomic E-state index is 0.0388. The maximum atomic E-state index is 12.9. The Bertz CT molecular complexity index is 934. The molecule has 0 fully saturated rings. The van der Waals surface area contributed by atoms with Crippen LogP contribution in [0.15, 0.2) is 51.0 Å². The van der Waals surface area contributed by atoms with E-state index in [2.05, 4.69) is 20.3 Å². The summed E-state index contributed by atoms with van der Waals surface area (Å²) >= 11 is 3.45. The molecule has 0 spiro atoms. The summed E-state index contributed by atoms with van der Waals surface area (Å²) in [4.78, 5) is 16.3. The van der Waals surface area contributed by atoms with Crippen molar-refractivity contribution in [2.24, 2.45) is 4.40 Å². The van der Waals surface area contributed by atoms with Crippen LogP contribution < -0.4 is 4.90 Å². The second-order valence-corrected chi connectivity index (χ2v) is 8.50. The molecule has 1 aromatic rings. The Morgan fingerprint density at radius 2 is 2.04 bits per heavy atom. The fourth-order valence-electron chi connectivity index (χ4n) is 3.06. The SMILES string of the molecule is O=C(C1=CN2CCS(=O)(=O)N=C2C=C1)N1CCc2cc(Br)ccc21. The van der Waals surface area contributed by atoms with E-state index in [0.29, 0.717) is 24.5 Å². The van der Waals surface area contributed by atoms with E-state index in [-0.39, 0.29) is 11.7 Å². The number of halogens is 1. The minimum atomic E-state index is -3.38. The summed E-state index contributed by atoms with van der Waals surface area (Å²) in [7, 11) is -3.38. The van der Waals surface area contributed by atoms with Crippen molar-refractivity contribution in [2.45, 2.75) is 6.42 Å². The van der Waals surface area contributed by atoms with E-state index in [1.54, 1.807) is 28.2 Å². The van der Waals surface area contributed by atoms with Gasteiger partial charge in [-0.15, -0.1) is 4.40 Å². The molecule has 8 heteroatoms. The van der Waals surface area contributed by atoms with Crippen molar-refractivity contribution in [2.75, 3.05) is 23.7 Å². The predicted molar refractivity (Wildman–Crippen MR) is 95.3 cm³/mol. The molecule has 1 aromatic carbocycles. The van der Waals surface area contributed by atoms with Crippen LogP contribution in [-0.4, -0.2) is 43.9 Å². The van der Waals surface area contributed by atoms with Gasteiger partial charge in [-0.05, 0) is 42.3 Å². The van der Waals surface area contributed by atoms with Gasteiger partial charge in [-0.2, -0.15) is 0 Å². The van der Waals surface area contributed by atoms with Crippen LogP contribution in [0.5, 0.6) is 0 Å². The van der Waals surface area contributed by atoms with Gasteiger partial charge in [0.1, 0.15) is 5.84 Å². The van der Waals surface area contributed by atoms with Crippen molar-refractivity contribution in [1.29, 1.82) is 0 Å². The van der Waals surface area contributed by atoms with Gasteiger partial charge in [0.2, 0.25) is 0 Å². The zero-order valence-corrected chi connectivity index (χ0v) is 15.0. The monoisotopic (exact) mass is 407 g/mol. The molecule has 0 unspecified atom stereocenters. The van der Waals surface area contributed by atoms with Gasteiger partial charge >= 0.3 is 0 Å². The summed E-state index contributed by atoms with van der Waals surface area (Å²) in [5, 5.41) is 0. The molecule has 3 heterocycles. The van der Waals surface area contributed by atoms with Crippen LogP contribution in [-0.2, 0) is 21.2 Å². The van der Waals surface area contributed by atoms with E-state index >= 15 is 0 Å². The molecule has 0 bridgehead atoms. The number of rotatable bonds is 1. The first-order valence-electron chi connectivity index (χ1n) is 7.52. The number of hydrogen-bond acceptors (Lipinski definition) is 4. The topological polar surface area (TPSA) is 70.0 Å². The van der Waals surface area contributed by atoms with Gasteiger partial charge in [0.05, 0.1) is 11.3 Å². The molecule has 1 amide bonds. The average molecular weight is 408 g/mol. The second-order valence-electron chi connectivity index (χ2n) is 5.83. The third-order valence-corrected chi connectivity index (χ3v) is 5.91. The van der Waals surface area contributed by atoms with E-state index in [0.717, 1.165) is 22.1 Å². The lowest BCUT2D eigenvalue weighted by molar-refractivity contribution is -0.114.